The number of halogens is 3. The molecule has 3 rings (SSSR count). The highest BCUT2D eigenvalue weighted by Gasteiger charge is 2.34. The number of nitrogen functional groups attached to an aromatic ring is 1. The minimum atomic E-state index is -4.52. The molecule has 20 heavy (non-hydrogen) atoms. The summed E-state index contributed by atoms with van der Waals surface area (Å²) in [5, 5.41) is 7.65. The maximum Gasteiger partial charge on any atom is 0.418 e. The van der Waals surface area contributed by atoms with Gasteiger partial charge in [-0.3, -0.25) is 0 Å². The Morgan fingerprint density at radius 2 is 1.80 bits per heavy atom. The van der Waals surface area contributed by atoms with Gasteiger partial charge in [-0.25, -0.2) is 4.68 Å². The molecule has 1 aromatic heterocycles. The third-order valence-electron chi connectivity index (χ3n) is 2.91. The number of aromatic nitrogens is 3. The summed E-state index contributed by atoms with van der Waals surface area (Å²) in [5.74, 6) is 0. The van der Waals surface area contributed by atoms with E-state index in [1.165, 1.54) is 12.1 Å². The Kier molecular flexibility index (Phi) is 2.63. The van der Waals surface area contributed by atoms with Crippen molar-refractivity contribution >= 4 is 16.7 Å². The summed E-state index contributed by atoms with van der Waals surface area (Å²) < 4.78 is 40.5. The van der Waals surface area contributed by atoms with Gasteiger partial charge in [0.25, 0.3) is 0 Å². The van der Waals surface area contributed by atoms with Crippen molar-refractivity contribution in [1.29, 1.82) is 0 Å². The van der Waals surface area contributed by atoms with Crippen molar-refractivity contribution in [2.75, 3.05) is 5.73 Å². The molecule has 1 heterocycles. The molecule has 0 fully saturated rings. The van der Waals surface area contributed by atoms with Crippen LogP contribution >= 0.6 is 0 Å². The fourth-order valence-corrected chi connectivity index (χ4v) is 2.01. The van der Waals surface area contributed by atoms with E-state index >= 15 is 0 Å². The number of alkyl halides is 3. The van der Waals surface area contributed by atoms with Crippen molar-refractivity contribution in [1.82, 2.24) is 15.0 Å². The average molecular weight is 278 g/mol. The van der Waals surface area contributed by atoms with Crippen LogP contribution in [0.4, 0.5) is 18.9 Å². The number of fused-ring (bicyclic) bond motifs is 1. The van der Waals surface area contributed by atoms with Gasteiger partial charge in [-0.15, -0.1) is 5.10 Å². The number of para-hydroxylation sites is 1. The van der Waals surface area contributed by atoms with Crippen LogP contribution in [0.25, 0.3) is 16.7 Å². The lowest BCUT2D eigenvalue weighted by Crippen LogP contribution is -2.12. The molecular weight excluding hydrogens is 269 g/mol. The fourth-order valence-electron chi connectivity index (χ4n) is 2.01. The molecular formula is C13H9F3N4. The molecule has 0 aliphatic carbocycles. The first-order valence-electron chi connectivity index (χ1n) is 5.74. The number of nitrogens with zero attached hydrogens (tertiary/aromatic N) is 3. The normalized spacial score (nSPS) is 11.9. The highest BCUT2D eigenvalue weighted by Crippen LogP contribution is 2.35. The monoisotopic (exact) mass is 278 g/mol. The van der Waals surface area contributed by atoms with Gasteiger partial charge < -0.3 is 5.73 Å². The summed E-state index contributed by atoms with van der Waals surface area (Å²) >= 11 is 0. The molecule has 2 aromatic carbocycles. The van der Waals surface area contributed by atoms with Gasteiger partial charge >= 0.3 is 6.18 Å². The molecule has 7 heteroatoms. The van der Waals surface area contributed by atoms with Crippen LogP contribution in [-0.4, -0.2) is 15.0 Å². The van der Waals surface area contributed by atoms with Crippen LogP contribution in [0.5, 0.6) is 0 Å². The van der Waals surface area contributed by atoms with Gasteiger partial charge in [-0.1, -0.05) is 17.3 Å². The van der Waals surface area contributed by atoms with Crippen molar-refractivity contribution in [3.8, 4) is 5.69 Å². The zero-order valence-corrected chi connectivity index (χ0v) is 10.1. The Bertz CT molecular complexity index is 777. The van der Waals surface area contributed by atoms with Crippen molar-refractivity contribution in [2.45, 2.75) is 6.18 Å². The van der Waals surface area contributed by atoms with E-state index < -0.39 is 11.7 Å². The Labute approximate surface area is 111 Å². The summed E-state index contributed by atoms with van der Waals surface area (Å²) in [6, 6.07) is 10.4. The summed E-state index contributed by atoms with van der Waals surface area (Å²) in [7, 11) is 0. The van der Waals surface area contributed by atoms with E-state index in [1.54, 1.807) is 24.3 Å². The predicted molar refractivity (Wildman–Crippen MR) is 68.3 cm³/mol. The zero-order valence-electron chi connectivity index (χ0n) is 10.1. The van der Waals surface area contributed by atoms with E-state index in [0.717, 1.165) is 10.7 Å². The number of hydrogen-bond acceptors (Lipinski definition) is 3. The Hall–Kier alpha value is -2.57. The van der Waals surface area contributed by atoms with Gasteiger partial charge in [0.2, 0.25) is 0 Å². The molecule has 0 bridgehead atoms. The van der Waals surface area contributed by atoms with E-state index in [1.807, 2.05) is 0 Å². The molecule has 0 saturated heterocycles. The molecule has 0 unspecified atom stereocenters. The van der Waals surface area contributed by atoms with Crippen molar-refractivity contribution in [3.63, 3.8) is 0 Å². The number of nitrogens with two attached hydrogens (primary N) is 1. The number of benzene rings is 2. The molecule has 102 valence electrons. The first kappa shape index (κ1) is 12.5. The topological polar surface area (TPSA) is 56.7 Å². The average Bonchev–Trinajstić information content (AvgIpc) is 2.81. The fraction of sp³-hybridized carbons (Fsp3) is 0.0769. The third kappa shape index (κ3) is 1.97. The van der Waals surface area contributed by atoms with Crippen LogP contribution in [0.2, 0.25) is 0 Å². The van der Waals surface area contributed by atoms with Crippen LogP contribution in [0.3, 0.4) is 0 Å². The maximum absolute atomic E-state index is 13.1. The van der Waals surface area contributed by atoms with E-state index in [2.05, 4.69) is 10.3 Å². The SMILES string of the molecule is Nc1ccc(-n2nnc3ccccc32)c(C(F)(F)F)c1. The third-order valence-corrected chi connectivity index (χ3v) is 2.91. The van der Waals surface area contributed by atoms with Gasteiger partial charge in [-0.05, 0) is 30.3 Å². The zero-order chi connectivity index (χ0) is 14.3. The molecule has 0 radical (unpaired) electrons. The van der Waals surface area contributed by atoms with E-state index in [9.17, 15) is 13.2 Å². The van der Waals surface area contributed by atoms with Gasteiger partial charge in [0.15, 0.2) is 0 Å². The lowest BCUT2D eigenvalue weighted by Gasteiger charge is -2.13. The summed E-state index contributed by atoms with van der Waals surface area (Å²) in [6.07, 6.45) is -4.52. The predicted octanol–water partition coefficient (Wildman–Crippen LogP) is 3.02. The van der Waals surface area contributed by atoms with Crippen LogP contribution in [0, 0.1) is 0 Å². The minimum Gasteiger partial charge on any atom is -0.399 e. The second-order valence-electron chi connectivity index (χ2n) is 4.26. The second-order valence-corrected chi connectivity index (χ2v) is 4.26. The van der Waals surface area contributed by atoms with Gasteiger partial charge in [-0.2, -0.15) is 13.2 Å². The van der Waals surface area contributed by atoms with Gasteiger partial charge in [0, 0.05) is 5.69 Å². The lowest BCUT2D eigenvalue weighted by atomic mass is 10.1. The Balaban J connectivity index is 2.30. The van der Waals surface area contributed by atoms with Crippen LogP contribution in [0.15, 0.2) is 42.5 Å². The molecule has 3 aromatic rings. The molecule has 0 aliphatic heterocycles. The molecule has 0 atom stereocenters. The van der Waals surface area contributed by atoms with Crippen molar-refractivity contribution < 1.29 is 13.2 Å². The van der Waals surface area contributed by atoms with Crippen molar-refractivity contribution in [3.05, 3.63) is 48.0 Å². The number of anilines is 1. The highest BCUT2D eigenvalue weighted by molar-refractivity contribution is 5.76. The molecule has 0 spiro atoms. The molecule has 4 nitrogen and oxygen atoms in total. The lowest BCUT2D eigenvalue weighted by molar-refractivity contribution is -0.137. The molecule has 2 N–H and O–H groups in total. The summed E-state index contributed by atoms with van der Waals surface area (Å²) in [4.78, 5) is 0. The number of hydrogen-bond donors (Lipinski definition) is 1. The minimum absolute atomic E-state index is 0.0468. The van der Waals surface area contributed by atoms with Crippen LogP contribution in [0.1, 0.15) is 5.56 Å². The first-order chi connectivity index (χ1) is 9.47. The van der Waals surface area contributed by atoms with Crippen molar-refractivity contribution in [2.24, 2.45) is 0 Å². The molecule has 0 amide bonds. The summed E-state index contributed by atoms with van der Waals surface area (Å²) in [6.45, 7) is 0. The molecule has 0 saturated carbocycles. The largest absolute Gasteiger partial charge is 0.418 e. The smallest absolute Gasteiger partial charge is 0.399 e. The standard InChI is InChI=1S/C13H9F3N4/c14-13(15,16)9-7-8(17)5-6-11(9)20-12-4-2-1-3-10(12)18-19-20/h1-7H,17H2. The van der Waals surface area contributed by atoms with Gasteiger partial charge in [0.1, 0.15) is 5.52 Å². The van der Waals surface area contributed by atoms with E-state index in [-0.39, 0.29) is 11.4 Å². The highest BCUT2D eigenvalue weighted by atomic mass is 19.4. The maximum atomic E-state index is 13.1. The molecule has 0 aliphatic rings. The van der Waals surface area contributed by atoms with E-state index in [4.69, 9.17) is 5.73 Å². The second kappa shape index (κ2) is 4.22. The number of rotatable bonds is 1. The summed E-state index contributed by atoms with van der Waals surface area (Å²) in [5.41, 5.74) is 5.58. The van der Waals surface area contributed by atoms with Gasteiger partial charge in [0.05, 0.1) is 16.8 Å². The Morgan fingerprint density at radius 1 is 1.05 bits per heavy atom. The van der Waals surface area contributed by atoms with E-state index in [0.29, 0.717) is 11.0 Å². The van der Waals surface area contributed by atoms with Crippen LogP contribution < -0.4 is 5.73 Å². The Morgan fingerprint density at radius 3 is 2.55 bits per heavy atom. The quantitative estimate of drug-likeness (QED) is 0.696. The van der Waals surface area contributed by atoms with Crippen LogP contribution in [-0.2, 0) is 6.18 Å². The first-order valence-corrected chi connectivity index (χ1v) is 5.74.